The molecule has 0 aliphatic rings. The van der Waals surface area contributed by atoms with Gasteiger partial charge >= 0.3 is 12.0 Å². The lowest BCUT2D eigenvalue weighted by Gasteiger charge is -2.14. The number of rotatable bonds is 7. The zero-order valence-corrected chi connectivity index (χ0v) is 9.89. The second-order valence-electron chi connectivity index (χ2n) is 3.07. The molecule has 0 radical (unpaired) electrons. The van der Waals surface area contributed by atoms with Crippen LogP contribution < -0.4 is 10.6 Å². The zero-order chi connectivity index (χ0) is 11.7. The number of carbonyl (C=O) groups excluding carboxylic acids is 1. The van der Waals surface area contributed by atoms with E-state index >= 15 is 0 Å². The molecule has 88 valence electrons. The summed E-state index contributed by atoms with van der Waals surface area (Å²) in [6, 6.07) is -1.21. The van der Waals surface area contributed by atoms with Gasteiger partial charge in [-0.3, -0.25) is 0 Å². The lowest BCUT2D eigenvalue weighted by atomic mass is 10.2. The second-order valence-corrected chi connectivity index (χ2v) is 4.06. The zero-order valence-electron chi connectivity index (χ0n) is 9.08. The lowest BCUT2D eigenvalue weighted by molar-refractivity contribution is -0.139. The van der Waals surface area contributed by atoms with Crippen LogP contribution in [-0.4, -0.2) is 41.7 Å². The van der Waals surface area contributed by atoms with E-state index in [0.29, 0.717) is 18.7 Å². The SMILES string of the molecule is CCCNC(=O)NC(CCSC)C(=O)O. The molecule has 0 aromatic carbocycles. The van der Waals surface area contributed by atoms with Crippen LogP contribution in [0.3, 0.4) is 0 Å². The Morgan fingerprint density at radius 2 is 2.13 bits per heavy atom. The number of carboxylic acid groups (broad SMARTS) is 1. The van der Waals surface area contributed by atoms with Gasteiger partial charge in [0.2, 0.25) is 0 Å². The van der Waals surface area contributed by atoms with E-state index < -0.39 is 18.0 Å². The third-order valence-electron chi connectivity index (χ3n) is 1.75. The summed E-state index contributed by atoms with van der Waals surface area (Å²) in [5.41, 5.74) is 0. The van der Waals surface area contributed by atoms with Crippen LogP contribution in [0.25, 0.3) is 0 Å². The average molecular weight is 234 g/mol. The standard InChI is InChI=1S/C9H18N2O3S/c1-3-5-10-9(14)11-7(8(12)13)4-6-15-2/h7H,3-6H2,1-2H3,(H,12,13)(H2,10,11,14). The van der Waals surface area contributed by atoms with Gasteiger partial charge in [-0.2, -0.15) is 11.8 Å². The van der Waals surface area contributed by atoms with Crippen molar-refractivity contribution in [2.24, 2.45) is 0 Å². The van der Waals surface area contributed by atoms with Crippen LogP contribution in [0.1, 0.15) is 19.8 Å². The van der Waals surface area contributed by atoms with E-state index in [4.69, 9.17) is 5.11 Å². The number of aliphatic carboxylic acids is 1. The van der Waals surface area contributed by atoms with Crippen LogP contribution in [0.5, 0.6) is 0 Å². The predicted molar refractivity (Wildman–Crippen MR) is 61.2 cm³/mol. The third-order valence-corrected chi connectivity index (χ3v) is 2.39. The molecule has 0 aliphatic heterocycles. The molecule has 0 saturated heterocycles. The molecule has 0 aromatic heterocycles. The highest BCUT2D eigenvalue weighted by Crippen LogP contribution is 2.00. The highest BCUT2D eigenvalue weighted by Gasteiger charge is 2.18. The Morgan fingerprint density at radius 3 is 2.60 bits per heavy atom. The number of nitrogens with one attached hydrogen (secondary N) is 2. The highest BCUT2D eigenvalue weighted by atomic mass is 32.2. The fourth-order valence-electron chi connectivity index (χ4n) is 0.941. The largest absolute Gasteiger partial charge is 0.480 e. The topological polar surface area (TPSA) is 78.4 Å². The summed E-state index contributed by atoms with van der Waals surface area (Å²) in [5.74, 6) is -0.277. The molecular formula is C9H18N2O3S. The summed E-state index contributed by atoms with van der Waals surface area (Å²) in [6.45, 7) is 2.49. The number of hydrogen-bond donors (Lipinski definition) is 3. The number of thioether (sulfide) groups is 1. The maximum absolute atomic E-state index is 11.2. The van der Waals surface area contributed by atoms with Crippen molar-refractivity contribution < 1.29 is 14.7 Å². The van der Waals surface area contributed by atoms with Crippen LogP contribution in [0.15, 0.2) is 0 Å². The number of amides is 2. The molecular weight excluding hydrogens is 216 g/mol. The van der Waals surface area contributed by atoms with Gasteiger partial charge in [-0.25, -0.2) is 9.59 Å². The molecule has 1 unspecified atom stereocenters. The van der Waals surface area contributed by atoms with Crippen molar-refractivity contribution in [3.05, 3.63) is 0 Å². The Labute approximate surface area is 94.0 Å². The molecule has 3 N–H and O–H groups in total. The molecule has 6 heteroatoms. The Morgan fingerprint density at radius 1 is 1.47 bits per heavy atom. The van der Waals surface area contributed by atoms with E-state index in [1.54, 1.807) is 11.8 Å². The molecule has 0 saturated carbocycles. The van der Waals surface area contributed by atoms with Gasteiger partial charge in [0, 0.05) is 6.54 Å². The predicted octanol–water partition coefficient (Wildman–Crippen LogP) is 0.902. The van der Waals surface area contributed by atoms with Crippen molar-refractivity contribution in [2.75, 3.05) is 18.6 Å². The molecule has 0 spiro atoms. The molecule has 1 atom stereocenters. The molecule has 2 amide bonds. The maximum Gasteiger partial charge on any atom is 0.326 e. The molecule has 0 fully saturated rings. The monoisotopic (exact) mass is 234 g/mol. The minimum Gasteiger partial charge on any atom is -0.480 e. The number of carboxylic acids is 1. The van der Waals surface area contributed by atoms with Gasteiger partial charge in [-0.15, -0.1) is 0 Å². The molecule has 15 heavy (non-hydrogen) atoms. The van der Waals surface area contributed by atoms with Crippen LogP contribution >= 0.6 is 11.8 Å². The maximum atomic E-state index is 11.2. The Bertz CT molecular complexity index is 212. The molecule has 0 heterocycles. The first kappa shape index (κ1) is 14.1. The van der Waals surface area contributed by atoms with E-state index in [1.807, 2.05) is 13.2 Å². The Kier molecular flexibility index (Phi) is 7.89. The second kappa shape index (κ2) is 8.40. The van der Waals surface area contributed by atoms with Crippen molar-refractivity contribution in [3.8, 4) is 0 Å². The van der Waals surface area contributed by atoms with Crippen molar-refractivity contribution in [3.63, 3.8) is 0 Å². The first-order valence-corrected chi connectivity index (χ1v) is 6.27. The quantitative estimate of drug-likeness (QED) is 0.611. The summed E-state index contributed by atoms with van der Waals surface area (Å²) in [6.07, 6.45) is 3.17. The minimum atomic E-state index is -0.990. The first-order valence-electron chi connectivity index (χ1n) is 4.88. The van der Waals surface area contributed by atoms with Gasteiger partial charge in [-0.05, 0) is 24.9 Å². The summed E-state index contributed by atoms with van der Waals surface area (Å²) >= 11 is 1.56. The summed E-state index contributed by atoms with van der Waals surface area (Å²) in [5, 5.41) is 13.8. The van der Waals surface area contributed by atoms with Crippen molar-refractivity contribution >= 4 is 23.8 Å². The summed E-state index contributed by atoms with van der Waals surface area (Å²) < 4.78 is 0. The summed E-state index contributed by atoms with van der Waals surface area (Å²) in [4.78, 5) is 22.0. The first-order chi connectivity index (χ1) is 7.11. The van der Waals surface area contributed by atoms with Crippen molar-refractivity contribution in [1.82, 2.24) is 10.6 Å². The van der Waals surface area contributed by atoms with Gasteiger partial charge in [0.15, 0.2) is 0 Å². The van der Waals surface area contributed by atoms with Crippen molar-refractivity contribution in [2.45, 2.75) is 25.8 Å². The van der Waals surface area contributed by atoms with Gasteiger partial charge in [0.25, 0.3) is 0 Å². The summed E-state index contributed by atoms with van der Waals surface area (Å²) in [7, 11) is 0. The average Bonchev–Trinajstić information content (AvgIpc) is 2.20. The van der Waals surface area contributed by atoms with Gasteiger partial charge in [0.1, 0.15) is 6.04 Å². The van der Waals surface area contributed by atoms with E-state index in [-0.39, 0.29) is 0 Å². The van der Waals surface area contributed by atoms with Crippen LogP contribution in [0.2, 0.25) is 0 Å². The molecule has 0 aliphatic carbocycles. The molecule has 0 aromatic rings. The molecule has 0 bridgehead atoms. The van der Waals surface area contributed by atoms with Crippen LogP contribution in [0, 0.1) is 0 Å². The lowest BCUT2D eigenvalue weighted by Crippen LogP contribution is -2.46. The van der Waals surface area contributed by atoms with Crippen LogP contribution in [0.4, 0.5) is 4.79 Å². The van der Waals surface area contributed by atoms with E-state index in [9.17, 15) is 9.59 Å². The van der Waals surface area contributed by atoms with Crippen molar-refractivity contribution in [1.29, 1.82) is 0 Å². The molecule has 5 nitrogen and oxygen atoms in total. The Hall–Kier alpha value is -0.910. The minimum absolute atomic E-state index is 0.412. The fraction of sp³-hybridized carbons (Fsp3) is 0.778. The van der Waals surface area contributed by atoms with E-state index in [1.165, 1.54) is 0 Å². The van der Waals surface area contributed by atoms with Gasteiger partial charge in [0.05, 0.1) is 0 Å². The van der Waals surface area contributed by atoms with Crippen LogP contribution in [-0.2, 0) is 4.79 Å². The molecule has 0 rings (SSSR count). The Balaban J connectivity index is 3.93. The number of urea groups is 1. The third kappa shape index (κ3) is 7.07. The fourth-order valence-corrected chi connectivity index (χ4v) is 1.41. The van der Waals surface area contributed by atoms with Gasteiger partial charge in [-0.1, -0.05) is 6.92 Å². The highest BCUT2D eigenvalue weighted by molar-refractivity contribution is 7.98. The smallest absolute Gasteiger partial charge is 0.326 e. The van der Waals surface area contributed by atoms with E-state index in [2.05, 4.69) is 10.6 Å². The van der Waals surface area contributed by atoms with Gasteiger partial charge < -0.3 is 15.7 Å². The normalized spacial score (nSPS) is 11.9. The number of hydrogen-bond acceptors (Lipinski definition) is 3. The number of carbonyl (C=O) groups is 2. The van der Waals surface area contributed by atoms with E-state index in [0.717, 1.165) is 6.42 Å².